The molecular weight excluding hydrogens is 486 g/mol. The minimum atomic E-state index is -4.88. The zero-order chi connectivity index (χ0) is 26.2. The molecule has 9 heteroatoms. The maximum Gasteiger partial charge on any atom is 0.419 e. The van der Waals surface area contributed by atoms with Gasteiger partial charge in [0.15, 0.2) is 5.60 Å². The fourth-order valence-corrected chi connectivity index (χ4v) is 5.86. The SMILES string of the molecule is CC1(C)CC(O)(C(F)(F)F)C(Nc2ccc3c(cnn3-c3ccc(F)cc3)c2)c2ccc3c(c21)OCC3. The van der Waals surface area contributed by atoms with Crippen LogP contribution in [0.5, 0.6) is 5.75 Å². The van der Waals surface area contributed by atoms with Crippen molar-refractivity contribution in [1.29, 1.82) is 0 Å². The van der Waals surface area contributed by atoms with Crippen LogP contribution in [0, 0.1) is 5.82 Å². The topological polar surface area (TPSA) is 59.3 Å². The first kappa shape index (κ1) is 23.8. The molecule has 1 aliphatic heterocycles. The summed E-state index contributed by atoms with van der Waals surface area (Å²) in [5.41, 5.74) is -0.154. The van der Waals surface area contributed by atoms with Crippen molar-refractivity contribution in [2.75, 3.05) is 11.9 Å². The first-order valence-electron chi connectivity index (χ1n) is 12.1. The molecule has 2 aliphatic rings. The summed E-state index contributed by atoms with van der Waals surface area (Å²) in [6.45, 7) is 3.92. The average molecular weight is 512 g/mol. The van der Waals surface area contributed by atoms with Crippen LogP contribution in [-0.4, -0.2) is 33.3 Å². The molecule has 0 amide bonds. The van der Waals surface area contributed by atoms with Crippen LogP contribution in [0.3, 0.4) is 0 Å². The van der Waals surface area contributed by atoms with Gasteiger partial charge in [-0.2, -0.15) is 18.3 Å². The Morgan fingerprint density at radius 2 is 1.84 bits per heavy atom. The van der Waals surface area contributed by atoms with Gasteiger partial charge in [-0.3, -0.25) is 0 Å². The number of nitrogens with zero attached hydrogens (tertiary/aromatic N) is 2. The lowest BCUT2D eigenvalue weighted by Crippen LogP contribution is -2.58. The number of nitrogens with one attached hydrogen (secondary N) is 1. The van der Waals surface area contributed by atoms with Gasteiger partial charge in [0.05, 0.1) is 30.0 Å². The quantitative estimate of drug-likeness (QED) is 0.320. The summed E-state index contributed by atoms with van der Waals surface area (Å²) in [5.74, 6) is 0.269. The van der Waals surface area contributed by atoms with Crippen LogP contribution in [0.1, 0.15) is 43.0 Å². The molecule has 1 aromatic heterocycles. The van der Waals surface area contributed by atoms with E-state index in [1.165, 1.54) is 12.1 Å². The molecule has 0 spiro atoms. The van der Waals surface area contributed by atoms with Crippen LogP contribution in [0.2, 0.25) is 0 Å². The monoisotopic (exact) mass is 511 g/mol. The van der Waals surface area contributed by atoms with Crippen LogP contribution in [0.25, 0.3) is 16.6 Å². The van der Waals surface area contributed by atoms with E-state index in [2.05, 4.69) is 10.4 Å². The lowest BCUT2D eigenvalue weighted by atomic mass is 9.63. The van der Waals surface area contributed by atoms with E-state index in [0.29, 0.717) is 52.2 Å². The smallest absolute Gasteiger partial charge is 0.419 e. The molecule has 0 fully saturated rings. The highest BCUT2D eigenvalue weighted by Crippen LogP contribution is 2.57. The number of hydrogen-bond donors (Lipinski definition) is 2. The van der Waals surface area contributed by atoms with Crippen molar-refractivity contribution >= 4 is 16.6 Å². The van der Waals surface area contributed by atoms with Crippen LogP contribution < -0.4 is 10.1 Å². The van der Waals surface area contributed by atoms with E-state index in [0.717, 1.165) is 5.56 Å². The highest BCUT2D eigenvalue weighted by atomic mass is 19.4. The molecule has 37 heavy (non-hydrogen) atoms. The molecule has 2 unspecified atom stereocenters. The number of ether oxygens (including phenoxy) is 1. The largest absolute Gasteiger partial charge is 0.493 e. The fourth-order valence-electron chi connectivity index (χ4n) is 5.86. The Labute approximate surface area is 210 Å². The van der Waals surface area contributed by atoms with Crippen LogP contribution in [0.4, 0.5) is 23.2 Å². The van der Waals surface area contributed by atoms with Gasteiger partial charge >= 0.3 is 6.18 Å². The highest BCUT2D eigenvalue weighted by Gasteiger charge is 2.64. The highest BCUT2D eigenvalue weighted by molar-refractivity contribution is 5.84. The molecule has 2 atom stereocenters. The predicted octanol–water partition coefficient (Wildman–Crippen LogP) is 6.23. The lowest BCUT2D eigenvalue weighted by molar-refractivity contribution is -0.275. The molecule has 1 aliphatic carbocycles. The van der Waals surface area contributed by atoms with E-state index in [1.807, 2.05) is 0 Å². The molecule has 5 nitrogen and oxygen atoms in total. The zero-order valence-electron chi connectivity index (χ0n) is 20.2. The Hall–Kier alpha value is -3.59. The van der Waals surface area contributed by atoms with E-state index in [-0.39, 0.29) is 5.82 Å². The van der Waals surface area contributed by atoms with Crippen molar-refractivity contribution in [3.63, 3.8) is 0 Å². The predicted molar refractivity (Wildman–Crippen MR) is 132 cm³/mol. The first-order valence-corrected chi connectivity index (χ1v) is 12.1. The molecule has 4 aromatic rings. The Bertz CT molecular complexity index is 1510. The number of benzene rings is 3. The summed E-state index contributed by atoms with van der Waals surface area (Å²) in [7, 11) is 0. The third-order valence-electron chi connectivity index (χ3n) is 7.51. The second-order valence-corrected chi connectivity index (χ2v) is 10.5. The minimum absolute atomic E-state index is 0.365. The van der Waals surface area contributed by atoms with Crippen molar-refractivity contribution < 1.29 is 27.4 Å². The van der Waals surface area contributed by atoms with Gasteiger partial charge in [0.1, 0.15) is 11.6 Å². The summed E-state index contributed by atoms with van der Waals surface area (Å²) in [4.78, 5) is 0. The summed E-state index contributed by atoms with van der Waals surface area (Å²) >= 11 is 0. The second kappa shape index (κ2) is 7.95. The number of anilines is 1. The van der Waals surface area contributed by atoms with Crippen LogP contribution in [-0.2, 0) is 11.8 Å². The van der Waals surface area contributed by atoms with Gasteiger partial charge in [-0.15, -0.1) is 0 Å². The van der Waals surface area contributed by atoms with Gasteiger partial charge in [-0.05, 0) is 65.4 Å². The summed E-state index contributed by atoms with van der Waals surface area (Å²) in [6, 6.07) is 13.0. The number of aromatic nitrogens is 2. The Morgan fingerprint density at radius 1 is 1.08 bits per heavy atom. The molecule has 0 bridgehead atoms. The van der Waals surface area contributed by atoms with Gasteiger partial charge in [-0.1, -0.05) is 26.0 Å². The number of rotatable bonds is 3. The number of alkyl halides is 3. The van der Waals surface area contributed by atoms with Crippen molar-refractivity contribution in [2.24, 2.45) is 0 Å². The van der Waals surface area contributed by atoms with Crippen molar-refractivity contribution in [2.45, 2.75) is 49.9 Å². The number of hydrogen-bond acceptors (Lipinski definition) is 4. The van der Waals surface area contributed by atoms with Gasteiger partial charge in [0, 0.05) is 23.1 Å². The molecule has 192 valence electrons. The zero-order valence-corrected chi connectivity index (χ0v) is 20.2. The molecule has 2 heterocycles. The molecule has 0 saturated heterocycles. The first-order chi connectivity index (χ1) is 17.5. The van der Waals surface area contributed by atoms with E-state index in [1.54, 1.807) is 67.2 Å². The van der Waals surface area contributed by atoms with Crippen molar-refractivity contribution in [1.82, 2.24) is 9.78 Å². The van der Waals surface area contributed by atoms with Crippen molar-refractivity contribution in [3.8, 4) is 11.4 Å². The fraction of sp³-hybridized carbons (Fsp3) is 0.321. The third kappa shape index (κ3) is 3.67. The lowest BCUT2D eigenvalue weighted by Gasteiger charge is -2.49. The van der Waals surface area contributed by atoms with Gasteiger partial charge < -0.3 is 15.2 Å². The van der Waals surface area contributed by atoms with E-state index < -0.39 is 29.7 Å². The maximum atomic E-state index is 14.5. The van der Waals surface area contributed by atoms with Gasteiger partial charge in [0.2, 0.25) is 0 Å². The third-order valence-corrected chi connectivity index (χ3v) is 7.51. The molecule has 2 N–H and O–H groups in total. The molecule has 3 aromatic carbocycles. The van der Waals surface area contributed by atoms with E-state index in [4.69, 9.17) is 4.74 Å². The average Bonchev–Trinajstić information content (AvgIpc) is 3.47. The Morgan fingerprint density at radius 3 is 2.57 bits per heavy atom. The second-order valence-electron chi connectivity index (χ2n) is 10.5. The minimum Gasteiger partial charge on any atom is -0.493 e. The normalized spacial score (nSPS) is 22.4. The van der Waals surface area contributed by atoms with E-state index in [9.17, 15) is 22.7 Å². The van der Waals surface area contributed by atoms with Gasteiger partial charge in [0.25, 0.3) is 0 Å². The summed E-state index contributed by atoms with van der Waals surface area (Å²) in [6.07, 6.45) is -3.09. The van der Waals surface area contributed by atoms with Crippen LogP contribution >= 0.6 is 0 Å². The Kier molecular flexibility index (Phi) is 5.11. The van der Waals surface area contributed by atoms with Crippen molar-refractivity contribution in [3.05, 3.63) is 83.3 Å². The standard InChI is InChI=1S/C28H25F4N3O2/c1-26(2)15-27(36,28(30,31)32)25(21-9-3-16-11-12-37-24(16)23(21)26)34-19-6-10-22-17(13-19)14-33-35(22)20-7-4-18(29)5-8-20/h3-10,13-14,25,34,36H,11-12,15H2,1-2H3. The Balaban J connectivity index is 1.44. The van der Waals surface area contributed by atoms with Crippen LogP contribution in [0.15, 0.2) is 60.8 Å². The molecule has 6 rings (SSSR count). The van der Waals surface area contributed by atoms with Gasteiger partial charge in [-0.25, -0.2) is 9.07 Å². The molecule has 0 saturated carbocycles. The number of fused-ring (bicyclic) bond motifs is 4. The number of aliphatic hydroxyl groups is 1. The maximum absolute atomic E-state index is 14.5. The summed E-state index contributed by atoms with van der Waals surface area (Å²) in [5, 5.41) is 19.3. The molecular formula is C28H25F4N3O2. The molecule has 0 radical (unpaired) electrons. The number of halogens is 4. The summed E-state index contributed by atoms with van der Waals surface area (Å²) < 4.78 is 64.3. The van der Waals surface area contributed by atoms with E-state index >= 15 is 0 Å².